The van der Waals surface area contributed by atoms with Crippen molar-refractivity contribution in [2.24, 2.45) is 5.73 Å². The number of anilines is 1. The van der Waals surface area contributed by atoms with E-state index in [0.717, 1.165) is 30.0 Å². The van der Waals surface area contributed by atoms with Crippen molar-refractivity contribution in [3.8, 4) is 17.0 Å². The highest BCUT2D eigenvalue weighted by atomic mass is 35.5. The van der Waals surface area contributed by atoms with Crippen molar-refractivity contribution in [2.75, 3.05) is 39.1 Å². The van der Waals surface area contributed by atoms with Crippen molar-refractivity contribution >= 4 is 29.2 Å². The summed E-state index contributed by atoms with van der Waals surface area (Å²) in [6.45, 7) is 2.79. The Morgan fingerprint density at radius 1 is 1.09 bits per heavy atom. The van der Waals surface area contributed by atoms with Crippen LogP contribution in [0.3, 0.4) is 0 Å². The van der Waals surface area contributed by atoms with Crippen LogP contribution in [-0.4, -0.2) is 60.1 Å². The number of primary amides is 1. The molecule has 1 aliphatic heterocycles. The Balaban J connectivity index is 1.45. The van der Waals surface area contributed by atoms with Gasteiger partial charge in [-0.05, 0) is 50.3 Å². The van der Waals surface area contributed by atoms with E-state index in [1.54, 1.807) is 4.90 Å². The molecule has 0 saturated heterocycles. The summed E-state index contributed by atoms with van der Waals surface area (Å²) in [4.78, 5) is 29.0. The molecule has 1 aliphatic rings. The Morgan fingerprint density at radius 3 is 2.46 bits per heavy atom. The maximum Gasteiger partial charge on any atom is 0.322 e. The molecule has 3 N–H and O–H groups in total. The lowest BCUT2D eigenvalue weighted by Crippen LogP contribution is -2.41. The van der Waals surface area contributed by atoms with Crippen molar-refractivity contribution in [3.63, 3.8) is 0 Å². The number of nitrogens with one attached hydrogen (secondary N) is 1. The summed E-state index contributed by atoms with van der Waals surface area (Å²) in [7, 11) is 4.06. The molecule has 0 aliphatic carbocycles. The summed E-state index contributed by atoms with van der Waals surface area (Å²) in [5.74, 6) is 0.149. The van der Waals surface area contributed by atoms with Crippen molar-refractivity contribution in [2.45, 2.75) is 19.5 Å². The van der Waals surface area contributed by atoms with E-state index in [9.17, 15) is 9.59 Å². The molecule has 4 rings (SSSR count). The predicted molar refractivity (Wildman–Crippen MR) is 138 cm³/mol. The second-order valence-electron chi connectivity index (χ2n) is 8.75. The minimum Gasteiger partial charge on any atom is -0.494 e. The fourth-order valence-corrected chi connectivity index (χ4v) is 4.65. The molecule has 2 aromatic carbocycles. The van der Waals surface area contributed by atoms with Crippen LogP contribution in [0.2, 0.25) is 5.02 Å². The molecule has 3 amide bonds. The van der Waals surface area contributed by atoms with Gasteiger partial charge in [-0.2, -0.15) is 0 Å². The zero-order valence-corrected chi connectivity index (χ0v) is 20.7. The average molecular weight is 496 g/mol. The molecule has 1 aromatic heterocycles. The van der Waals surface area contributed by atoms with Gasteiger partial charge < -0.3 is 30.2 Å². The number of hydrogen-bond donors (Lipinski definition) is 2. The number of carbonyl (C=O) groups excluding carboxylic acids is 2. The first-order valence-electron chi connectivity index (χ1n) is 11.5. The van der Waals surface area contributed by atoms with Gasteiger partial charge in [0.15, 0.2) is 0 Å². The standard InChI is InChI=1S/C26H30ClN5O3/c1-30(2)13-6-16-35-20-11-9-19(10-12-20)29-26(34)31-14-15-32-21(17-31)22(25(28)33)23(27)24(32)18-7-4-3-5-8-18/h3-5,7-12H,6,13-17H2,1-2H3,(H2,28,33)(H,29,34). The summed E-state index contributed by atoms with van der Waals surface area (Å²) >= 11 is 6.63. The molecule has 0 fully saturated rings. The Kier molecular flexibility index (Phi) is 7.63. The molecule has 0 spiro atoms. The van der Waals surface area contributed by atoms with Crippen LogP contribution >= 0.6 is 11.6 Å². The Labute approximate surface area is 210 Å². The Morgan fingerprint density at radius 2 is 1.80 bits per heavy atom. The number of benzene rings is 2. The van der Waals surface area contributed by atoms with E-state index < -0.39 is 5.91 Å². The number of carbonyl (C=O) groups is 2. The van der Waals surface area contributed by atoms with Crippen molar-refractivity contribution in [1.29, 1.82) is 0 Å². The second kappa shape index (κ2) is 10.8. The topological polar surface area (TPSA) is 92.8 Å². The summed E-state index contributed by atoms with van der Waals surface area (Å²) in [5, 5.41) is 3.24. The number of rotatable bonds is 8. The monoisotopic (exact) mass is 495 g/mol. The van der Waals surface area contributed by atoms with Gasteiger partial charge in [0.1, 0.15) is 5.75 Å². The number of halogens is 1. The van der Waals surface area contributed by atoms with Crippen LogP contribution in [0.25, 0.3) is 11.3 Å². The normalized spacial score (nSPS) is 13.0. The van der Waals surface area contributed by atoms with E-state index in [0.29, 0.717) is 36.1 Å². The number of fused-ring (bicyclic) bond motifs is 1. The molecule has 35 heavy (non-hydrogen) atoms. The lowest BCUT2D eigenvalue weighted by atomic mass is 10.1. The highest BCUT2D eigenvalue weighted by Crippen LogP contribution is 2.37. The molecule has 0 saturated carbocycles. The quantitative estimate of drug-likeness (QED) is 0.456. The van der Waals surface area contributed by atoms with E-state index in [-0.39, 0.29) is 18.1 Å². The fraction of sp³-hybridized carbons (Fsp3) is 0.308. The number of amides is 3. The van der Waals surface area contributed by atoms with Crippen LogP contribution in [0.4, 0.5) is 10.5 Å². The smallest absolute Gasteiger partial charge is 0.322 e. The van der Waals surface area contributed by atoms with Gasteiger partial charge in [0, 0.05) is 25.3 Å². The van der Waals surface area contributed by atoms with Gasteiger partial charge in [-0.1, -0.05) is 41.9 Å². The zero-order chi connectivity index (χ0) is 24.9. The lowest BCUT2D eigenvalue weighted by Gasteiger charge is -2.30. The molecule has 0 radical (unpaired) electrons. The van der Waals surface area contributed by atoms with Gasteiger partial charge in [0.05, 0.1) is 35.1 Å². The molecule has 184 valence electrons. The Bertz CT molecular complexity index is 1190. The maximum absolute atomic E-state index is 13.0. The highest BCUT2D eigenvalue weighted by Gasteiger charge is 2.31. The number of nitrogens with two attached hydrogens (primary N) is 1. The molecule has 8 nitrogen and oxygen atoms in total. The number of nitrogens with zero attached hydrogens (tertiary/aromatic N) is 3. The van der Waals surface area contributed by atoms with E-state index in [1.165, 1.54) is 0 Å². The van der Waals surface area contributed by atoms with Crippen LogP contribution in [0.1, 0.15) is 22.5 Å². The molecule has 9 heteroatoms. The third-order valence-electron chi connectivity index (χ3n) is 5.95. The maximum atomic E-state index is 13.0. The van der Waals surface area contributed by atoms with Crippen molar-refractivity contribution < 1.29 is 14.3 Å². The molecule has 0 unspecified atom stereocenters. The first-order chi connectivity index (χ1) is 16.8. The minimum atomic E-state index is -0.607. The summed E-state index contributed by atoms with van der Waals surface area (Å²) in [6.07, 6.45) is 0.936. The van der Waals surface area contributed by atoms with Crippen LogP contribution in [-0.2, 0) is 13.1 Å². The Hall–Kier alpha value is -3.49. The average Bonchev–Trinajstić information content (AvgIpc) is 3.14. The molecule has 2 heterocycles. The number of urea groups is 1. The van der Waals surface area contributed by atoms with Gasteiger partial charge in [0.2, 0.25) is 0 Å². The van der Waals surface area contributed by atoms with Crippen LogP contribution in [0, 0.1) is 0 Å². The highest BCUT2D eigenvalue weighted by molar-refractivity contribution is 6.36. The molecular formula is C26H30ClN5O3. The first kappa shape index (κ1) is 24.6. The largest absolute Gasteiger partial charge is 0.494 e. The lowest BCUT2D eigenvalue weighted by molar-refractivity contribution is 0.0997. The number of aromatic nitrogens is 1. The van der Waals surface area contributed by atoms with E-state index in [1.807, 2.05) is 73.3 Å². The fourth-order valence-electron chi connectivity index (χ4n) is 4.24. The summed E-state index contributed by atoms with van der Waals surface area (Å²) < 4.78 is 7.74. The van der Waals surface area contributed by atoms with Crippen LogP contribution in [0.5, 0.6) is 5.75 Å². The van der Waals surface area contributed by atoms with Gasteiger partial charge in [0.25, 0.3) is 5.91 Å². The molecular weight excluding hydrogens is 466 g/mol. The third-order valence-corrected chi connectivity index (χ3v) is 6.32. The van der Waals surface area contributed by atoms with Gasteiger partial charge >= 0.3 is 6.03 Å². The van der Waals surface area contributed by atoms with Gasteiger partial charge in [-0.25, -0.2) is 4.79 Å². The van der Waals surface area contributed by atoms with E-state index in [4.69, 9.17) is 22.1 Å². The first-order valence-corrected chi connectivity index (χ1v) is 11.9. The van der Waals surface area contributed by atoms with Crippen molar-refractivity contribution in [3.05, 3.63) is 70.9 Å². The third kappa shape index (κ3) is 5.61. The second-order valence-corrected chi connectivity index (χ2v) is 9.13. The molecule has 0 bridgehead atoms. The van der Waals surface area contributed by atoms with Gasteiger partial charge in [-0.3, -0.25) is 4.79 Å². The molecule has 0 atom stereocenters. The zero-order valence-electron chi connectivity index (χ0n) is 20.0. The van der Waals surface area contributed by atoms with Crippen molar-refractivity contribution in [1.82, 2.24) is 14.4 Å². The molecule has 3 aromatic rings. The number of ether oxygens (including phenoxy) is 1. The van der Waals surface area contributed by atoms with Crippen LogP contribution in [0.15, 0.2) is 54.6 Å². The van der Waals surface area contributed by atoms with E-state index in [2.05, 4.69) is 10.2 Å². The minimum absolute atomic E-state index is 0.226. The number of hydrogen-bond acceptors (Lipinski definition) is 4. The van der Waals surface area contributed by atoms with Crippen LogP contribution < -0.4 is 15.8 Å². The SMILES string of the molecule is CN(C)CCCOc1ccc(NC(=O)N2CCn3c(c(C(N)=O)c(Cl)c3-c3ccccc3)C2)cc1. The predicted octanol–water partition coefficient (Wildman–Crippen LogP) is 4.29. The summed E-state index contributed by atoms with van der Waals surface area (Å²) in [5.41, 5.74) is 8.89. The van der Waals surface area contributed by atoms with E-state index >= 15 is 0 Å². The summed E-state index contributed by atoms with van der Waals surface area (Å²) in [6, 6.07) is 16.7. The van der Waals surface area contributed by atoms with Gasteiger partial charge in [-0.15, -0.1) is 0 Å².